The SMILES string of the molecule is O=S1(=O)[N-]S(=O)(=O)C(F)(F)C(F)(F)CC1(F)F. The van der Waals surface area contributed by atoms with Gasteiger partial charge in [-0.25, -0.2) is 16.8 Å². The molecule has 0 bridgehead atoms. The summed E-state index contributed by atoms with van der Waals surface area (Å²) < 4.78 is 119. The summed E-state index contributed by atoms with van der Waals surface area (Å²) in [6.45, 7) is 0. The minimum Gasteiger partial charge on any atom is -0.426 e. The zero-order chi connectivity index (χ0) is 13.9. The highest BCUT2D eigenvalue weighted by Crippen LogP contribution is 2.52. The number of hydrogen-bond donors (Lipinski definition) is 0. The maximum atomic E-state index is 12.7. The lowest BCUT2D eigenvalue weighted by atomic mass is 10.2. The summed E-state index contributed by atoms with van der Waals surface area (Å²) in [7, 11) is -12.9. The first-order valence-electron chi connectivity index (χ1n) is 3.53. The van der Waals surface area contributed by atoms with Crippen molar-refractivity contribution in [3.63, 3.8) is 0 Å². The van der Waals surface area contributed by atoms with E-state index in [1.54, 1.807) is 0 Å². The quantitative estimate of drug-likeness (QED) is 0.631. The Morgan fingerprint density at radius 3 is 1.65 bits per heavy atom. The minimum absolute atomic E-state index is 1.21. The Kier molecular flexibility index (Phi) is 2.78. The first-order valence-corrected chi connectivity index (χ1v) is 6.41. The third kappa shape index (κ3) is 1.89. The highest BCUT2D eigenvalue weighted by Gasteiger charge is 2.69. The van der Waals surface area contributed by atoms with Crippen molar-refractivity contribution in [2.24, 2.45) is 0 Å². The van der Waals surface area contributed by atoms with Gasteiger partial charge in [0.25, 0.3) is 0 Å². The summed E-state index contributed by atoms with van der Waals surface area (Å²) in [6.07, 6.45) is -3.17. The molecule has 0 aromatic heterocycles. The topological polar surface area (TPSA) is 82.4 Å². The van der Waals surface area contributed by atoms with Crippen molar-refractivity contribution in [2.75, 3.05) is 0 Å². The van der Waals surface area contributed by atoms with E-state index < -0.39 is 42.9 Å². The van der Waals surface area contributed by atoms with E-state index in [4.69, 9.17) is 0 Å². The molecule has 1 rings (SSSR count). The Morgan fingerprint density at radius 2 is 1.24 bits per heavy atom. The smallest absolute Gasteiger partial charge is 0.392 e. The van der Waals surface area contributed by atoms with Crippen molar-refractivity contribution in [3.05, 3.63) is 4.13 Å². The molecule has 0 N–H and O–H groups in total. The van der Waals surface area contributed by atoms with Gasteiger partial charge in [0.05, 0.1) is 6.42 Å². The number of sulfonamides is 2. The van der Waals surface area contributed by atoms with E-state index in [1.165, 1.54) is 4.13 Å². The van der Waals surface area contributed by atoms with E-state index in [2.05, 4.69) is 0 Å². The Balaban J connectivity index is 3.61. The number of hydrogen-bond acceptors (Lipinski definition) is 4. The van der Waals surface area contributed by atoms with Gasteiger partial charge in [-0.05, 0) is 0 Å². The average molecular weight is 306 g/mol. The molecule has 102 valence electrons. The molecule has 0 saturated carbocycles. The molecule has 0 unspecified atom stereocenters. The van der Waals surface area contributed by atoms with Crippen LogP contribution in [-0.2, 0) is 20.0 Å². The molecule has 0 aliphatic carbocycles. The fourth-order valence-corrected chi connectivity index (χ4v) is 3.53. The molecule has 0 radical (unpaired) electrons. The molecule has 0 amide bonds. The Labute approximate surface area is 90.9 Å². The molecular weight excluding hydrogens is 304 g/mol. The first kappa shape index (κ1) is 14.5. The van der Waals surface area contributed by atoms with Crippen LogP contribution in [0.2, 0.25) is 0 Å². The second-order valence-corrected chi connectivity index (χ2v) is 6.67. The predicted molar refractivity (Wildman–Crippen MR) is 40.7 cm³/mol. The van der Waals surface area contributed by atoms with Crippen LogP contribution < -0.4 is 0 Å². The van der Waals surface area contributed by atoms with Crippen LogP contribution in [0.4, 0.5) is 26.3 Å². The van der Waals surface area contributed by atoms with E-state index in [0.717, 1.165) is 0 Å². The lowest BCUT2D eigenvalue weighted by Crippen LogP contribution is -2.46. The molecule has 1 fully saturated rings. The number of nitrogens with zero attached hydrogens (tertiary/aromatic N) is 1. The summed E-state index contributed by atoms with van der Waals surface area (Å²) in [4.78, 5) is 0. The molecule has 1 aliphatic heterocycles. The first-order chi connectivity index (χ1) is 7.16. The highest BCUT2D eigenvalue weighted by atomic mass is 32.3. The van der Waals surface area contributed by atoms with Crippen LogP contribution >= 0.6 is 0 Å². The van der Waals surface area contributed by atoms with Crippen molar-refractivity contribution in [3.8, 4) is 0 Å². The zero-order valence-electron chi connectivity index (χ0n) is 7.37. The number of halogens is 6. The summed E-state index contributed by atoms with van der Waals surface area (Å²) in [5.41, 5.74) is 0. The van der Waals surface area contributed by atoms with Crippen LogP contribution in [0, 0.1) is 0 Å². The molecule has 17 heavy (non-hydrogen) atoms. The van der Waals surface area contributed by atoms with Gasteiger partial charge in [-0.1, -0.05) is 0 Å². The van der Waals surface area contributed by atoms with Crippen LogP contribution in [0.5, 0.6) is 0 Å². The molecule has 1 heterocycles. The van der Waals surface area contributed by atoms with E-state index >= 15 is 0 Å². The molecule has 13 heteroatoms. The van der Waals surface area contributed by atoms with Gasteiger partial charge in [0.1, 0.15) is 10.0 Å². The predicted octanol–water partition coefficient (Wildman–Crippen LogP) is 1.24. The second-order valence-electron chi connectivity index (χ2n) is 3.06. The Hall–Kier alpha value is -0.560. The van der Waals surface area contributed by atoms with Crippen LogP contribution in [0.1, 0.15) is 6.42 Å². The normalized spacial score (nSPS) is 32.6. The molecule has 0 atom stereocenters. The number of rotatable bonds is 0. The van der Waals surface area contributed by atoms with Crippen molar-refractivity contribution >= 4 is 20.0 Å². The van der Waals surface area contributed by atoms with E-state index in [1.807, 2.05) is 0 Å². The largest absolute Gasteiger partial charge is 0.426 e. The number of alkyl halides is 6. The molecule has 0 spiro atoms. The third-order valence-corrected chi connectivity index (χ3v) is 5.17. The molecular formula is C4H2F6NO4S2-. The molecule has 1 aliphatic rings. The van der Waals surface area contributed by atoms with E-state index in [-0.39, 0.29) is 0 Å². The molecule has 0 aromatic rings. The second kappa shape index (κ2) is 3.26. The standard InChI is InChI=1S/C4H2F6NO4S2/c5-2(6)1-3(7,8)16(12,13)11-17(14,15)4(2,9)10/h1H2/q-1. The van der Waals surface area contributed by atoms with Crippen LogP contribution in [0.3, 0.4) is 0 Å². The molecule has 5 nitrogen and oxygen atoms in total. The highest BCUT2D eigenvalue weighted by molar-refractivity contribution is 8.13. The van der Waals surface area contributed by atoms with Crippen molar-refractivity contribution in [2.45, 2.75) is 22.9 Å². The Bertz CT molecular complexity index is 536. The van der Waals surface area contributed by atoms with Gasteiger partial charge in [0.2, 0.25) is 0 Å². The van der Waals surface area contributed by atoms with Crippen LogP contribution in [0.15, 0.2) is 0 Å². The fourth-order valence-electron chi connectivity index (χ4n) is 0.872. The minimum atomic E-state index is -6.61. The molecule has 1 saturated heterocycles. The van der Waals surface area contributed by atoms with Gasteiger partial charge in [-0.3, -0.25) is 0 Å². The fraction of sp³-hybridized carbons (Fsp3) is 1.00. The van der Waals surface area contributed by atoms with Gasteiger partial charge >= 0.3 is 16.4 Å². The summed E-state index contributed by atoms with van der Waals surface area (Å²) in [5.74, 6) is -5.76. The maximum absolute atomic E-state index is 12.7. The summed E-state index contributed by atoms with van der Waals surface area (Å²) in [5, 5.41) is -11.4. The lowest BCUT2D eigenvalue weighted by molar-refractivity contribution is -0.182. The van der Waals surface area contributed by atoms with Gasteiger partial charge in [0.15, 0.2) is 10.0 Å². The van der Waals surface area contributed by atoms with Crippen LogP contribution in [0.25, 0.3) is 4.13 Å². The summed E-state index contributed by atoms with van der Waals surface area (Å²) >= 11 is 0. The van der Waals surface area contributed by atoms with E-state index in [9.17, 15) is 43.2 Å². The maximum Gasteiger partial charge on any atom is 0.392 e. The van der Waals surface area contributed by atoms with Crippen molar-refractivity contribution in [1.82, 2.24) is 0 Å². The van der Waals surface area contributed by atoms with Crippen molar-refractivity contribution in [1.29, 1.82) is 0 Å². The summed E-state index contributed by atoms with van der Waals surface area (Å²) in [6, 6.07) is 0. The molecule has 0 aromatic carbocycles. The van der Waals surface area contributed by atoms with Crippen LogP contribution in [-0.4, -0.2) is 33.3 Å². The van der Waals surface area contributed by atoms with Gasteiger partial charge in [-0.15, -0.1) is 0 Å². The monoisotopic (exact) mass is 306 g/mol. The third-order valence-electron chi connectivity index (χ3n) is 1.75. The van der Waals surface area contributed by atoms with Crippen molar-refractivity contribution < 1.29 is 43.2 Å². The van der Waals surface area contributed by atoms with Gasteiger partial charge in [0, 0.05) is 0 Å². The average Bonchev–Trinajstić information content (AvgIpc) is 1.98. The Morgan fingerprint density at radius 1 is 0.824 bits per heavy atom. The van der Waals surface area contributed by atoms with E-state index in [0.29, 0.717) is 0 Å². The van der Waals surface area contributed by atoms with Gasteiger partial charge < -0.3 is 4.13 Å². The lowest BCUT2D eigenvalue weighted by Gasteiger charge is -2.26. The van der Waals surface area contributed by atoms with Gasteiger partial charge in [-0.2, -0.15) is 26.3 Å². The zero-order valence-corrected chi connectivity index (χ0v) is 9.00.